The molecule has 0 aliphatic rings. The standard InChI is InChI=1S/C24H20N2O3/c1-16-5-2-6-17-13-20(24(28)26-22(16)17)14-18(9-10-21-8-4-12-29-21)23(27)19-7-3-11-25-15-19/h2-9,11-13,15H,10,14H2,1H3,(H,26,28). The van der Waals surface area contributed by atoms with E-state index in [0.29, 0.717) is 23.1 Å². The Labute approximate surface area is 167 Å². The van der Waals surface area contributed by atoms with Crippen molar-refractivity contribution in [3.63, 3.8) is 0 Å². The molecule has 0 fully saturated rings. The van der Waals surface area contributed by atoms with Crippen LogP contribution in [0.25, 0.3) is 10.9 Å². The summed E-state index contributed by atoms with van der Waals surface area (Å²) in [5.74, 6) is 0.609. The van der Waals surface area contributed by atoms with E-state index in [4.69, 9.17) is 4.42 Å². The van der Waals surface area contributed by atoms with Crippen LogP contribution in [0.3, 0.4) is 0 Å². The Bertz CT molecular complexity index is 1240. The van der Waals surface area contributed by atoms with E-state index >= 15 is 0 Å². The maximum atomic E-state index is 13.1. The zero-order valence-corrected chi connectivity index (χ0v) is 16.0. The Kier molecular flexibility index (Phi) is 5.20. The number of benzene rings is 1. The molecule has 3 heterocycles. The van der Waals surface area contributed by atoms with Gasteiger partial charge in [0.2, 0.25) is 0 Å². The van der Waals surface area contributed by atoms with Crippen molar-refractivity contribution in [1.82, 2.24) is 9.97 Å². The van der Waals surface area contributed by atoms with Gasteiger partial charge in [-0.25, -0.2) is 0 Å². The minimum absolute atomic E-state index is 0.145. The van der Waals surface area contributed by atoms with Gasteiger partial charge in [0.05, 0.1) is 11.8 Å². The van der Waals surface area contributed by atoms with Crippen molar-refractivity contribution in [1.29, 1.82) is 0 Å². The van der Waals surface area contributed by atoms with Gasteiger partial charge in [-0.05, 0) is 48.2 Å². The summed E-state index contributed by atoms with van der Waals surface area (Å²) < 4.78 is 5.38. The lowest BCUT2D eigenvalue weighted by atomic mass is 9.96. The summed E-state index contributed by atoms with van der Waals surface area (Å²) in [5, 5.41) is 0.943. The number of carbonyl (C=O) groups is 1. The number of nitrogens with zero attached hydrogens (tertiary/aromatic N) is 1. The Balaban J connectivity index is 1.72. The number of hydrogen-bond donors (Lipinski definition) is 1. The highest BCUT2D eigenvalue weighted by molar-refractivity contribution is 6.08. The molecular weight excluding hydrogens is 364 g/mol. The van der Waals surface area contributed by atoms with Crippen LogP contribution in [0.4, 0.5) is 0 Å². The molecule has 0 aliphatic carbocycles. The summed E-state index contributed by atoms with van der Waals surface area (Å²) in [6, 6.07) is 14.8. The first kappa shape index (κ1) is 18.6. The lowest BCUT2D eigenvalue weighted by Crippen LogP contribution is -2.16. The van der Waals surface area contributed by atoms with Crippen LogP contribution in [-0.2, 0) is 12.8 Å². The third kappa shape index (κ3) is 4.09. The number of fused-ring (bicyclic) bond motifs is 1. The number of aromatic nitrogens is 2. The van der Waals surface area contributed by atoms with Crippen LogP contribution >= 0.6 is 0 Å². The van der Waals surface area contributed by atoms with Crippen molar-refractivity contribution >= 4 is 16.7 Å². The van der Waals surface area contributed by atoms with Gasteiger partial charge in [0.25, 0.3) is 5.56 Å². The molecule has 3 aromatic heterocycles. The number of aryl methyl sites for hydroxylation is 1. The SMILES string of the molecule is Cc1cccc2cc(CC(=CCc3ccco3)C(=O)c3cccnc3)c(=O)[nH]c12. The number of nitrogens with one attached hydrogen (secondary N) is 1. The van der Waals surface area contributed by atoms with E-state index in [0.717, 1.165) is 22.2 Å². The quantitative estimate of drug-likeness (QED) is 0.394. The number of pyridine rings is 2. The number of ketones is 1. The number of rotatable bonds is 6. The summed E-state index contributed by atoms with van der Waals surface area (Å²) in [7, 11) is 0. The zero-order valence-electron chi connectivity index (χ0n) is 16.0. The molecule has 0 atom stereocenters. The van der Waals surface area contributed by atoms with Crippen molar-refractivity contribution in [2.45, 2.75) is 19.8 Å². The molecule has 1 N–H and O–H groups in total. The topological polar surface area (TPSA) is 76.0 Å². The fourth-order valence-corrected chi connectivity index (χ4v) is 3.35. The number of aromatic amines is 1. The van der Waals surface area contributed by atoms with Gasteiger partial charge in [-0.15, -0.1) is 0 Å². The van der Waals surface area contributed by atoms with Gasteiger partial charge in [-0.1, -0.05) is 24.3 Å². The average Bonchev–Trinajstić information content (AvgIpc) is 3.26. The molecule has 0 unspecified atom stereocenters. The van der Waals surface area contributed by atoms with Crippen molar-refractivity contribution in [3.05, 3.63) is 112 Å². The highest BCUT2D eigenvalue weighted by Gasteiger charge is 2.16. The van der Waals surface area contributed by atoms with E-state index < -0.39 is 0 Å². The minimum Gasteiger partial charge on any atom is -0.469 e. The highest BCUT2D eigenvalue weighted by Crippen LogP contribution is 2.18. The fourth-order valence-electron chi connectivity index (χ4n) is 3.35. The summed E-state index contributed by atoms with van der Waals surface area (Å²) in [4.78, 5) is 32.8. The second kappa shape index (κ2) is 8.10. The molecule has 0 radical (unpaired) electrons. The lowest BCUT2D eigenvalue weighted by molar-refractivity contribution is 0.103. The minimum atomic E-state index is -0.185. The lowest BCUT2D eigenvalue weighted by Gasteiger charge is -2.09. The summed E-state index contributed by atoms with van der Waals surface area (Å²) in [6.07, 6.45) is 7.29. The molecule has 144 valence electrons. The predicted octanol–water partition coefficient (Wildman–Crippen LogP) is 4.42. The van der Waals surface area contributed by atoms with Crippen molar-refractivity contribution in [2.75, 3.05) is 0 Å². The number of furan rings is 1. The van der Waals surface area contributed by atoms with Crippen LogP contribution in [0.15, 0.2) is 88.0 Å². The van der Waals surface area contributed by atoms with E-state index in [1.54, 1.807) is 24.6 Å². The third-order valence-electron chi connectivity index (χ3n) is 4.89. The van der Waals surface area contributed by atoms with Crippen LogP contribution in [-0.4, -0.2) is 15.8 Å². The average molecular weight is 384 g/mol. The second-order valence-corrected chi connectivity index (χ2v) is 6.92. The summed E-state index contributed by atoms with van der Waals surface area (Å²) >= 11 is 0. The molecule has 0 spiro atoms. The smallest absolute Gasteiger partial charge is 0.251 e. The molecule has 5 nitrogen and oxygen atoms in total. The van der Waals surface area contributed by atoms with E-state index in [1.807, 2.05) is 49.4 Å². The van der Waals surface area contributed by atoms with Gasteiger partial charge in [0.15, 0.2) is 5.78 Å². The summed E-state index contributed by atoms with van der Waals surface area (Å²) in [5.41, 5.74) is 3.21. The first-order valence-corrected chi connectivity index (χ1v) is 9.39. The number of Topliss-reactive ketones (excluding diaryl/α,β-unsaturated/α-hetero) is 1. The molecule has 0 saturated carbocycles. The monoisotopic (exact) mass is 384 g/mol. The molecule has 0 bridgehead atoms. The zero-order chi connectivity index (χ0) is 20.2. The number of allylic oxidation sites excluding steroid dienone is 2. The van der Waals surface area contributed by atoms with Crippen LogP contribution < -0.4 is 5.56 Å². The molecule has 29 heavy (non-hydrogen) atoms. The van der Waals surface area contributed by atoms with Gasteiger partial charge >= 0.3 is 0 Å². The fraction of sp³-hybridized carbons (Fsp3) is 0.125. The summed E-state index contributed by atoms with van der Waals surface area (Å²) in [6.45, 7) is 1.96. The molecule has 1 aromatic carbocycles. The maximum absolute atomic E-state index is 13.1. The first-order chi connectivity index (χ1) is 14.1. The van der Waals surface area contributed by atoms with Gasteiger partial charge in [-0.2, -0.15) is 0 Å². The number of carbonyl (C=O) groups excluding carboxylic acids is 1. The Morgan fingerprint density at radius 3 is 2.83 bits per heavy atom. The molecule has 5 heteroatoms. The van der Waals surface area contributed by atoms with Crippen LogP contribution in [0, 0.1) is 6.92 Å². The predicted molar refractivity (Wildman–Crippen MR) is 112 cm³/mol. The number of para-hydroxylation sites is 1. The van der Waals surface area contributed by atoms with Crippen molar-refractivity contribution < 1.29 is 9.21 Å². The Hall–Kier alpha value is -3.73. The van der Waals surface area contributed by atoms with Gasteiger partial charge < -0.3 is 9.40 Å². The van der Waals surface area contributed by atoms with E-state index in [2.05, 4.69) is 9.97 Å². The largest absolute Gasteiger partial charge is 0.469 e. The van der Waals surface area contributed by atoms with E-state index in [1.165, 1.54) is 6.20 Å². The molecular formula is C24H20N2O3. The number of hydrogen-bond acceptors (Lipinski definition) is 4. The normalized spacial score (nSPS) is 11.7. The second-order valence-electron chi connectivity index (χ2n) is 6.92. The number of H-pyrrole nitrogens is 1. The molecule has 4 rings (SSSR count). The van der Waals surface area contributed by atoms with Gasteiger partial charge in [0.1, 0.15) is 5.76 Å². The highest BCUT2D eigenvalue weighted by atomic mass is 16.3. The van der Waals surface area contributed by atoms with Crippen molar-refractivity contribution in [2.24, 2.45) is 0 Å². The molecule has 4 aromatic rings. The Morgan fingerprint density at radius 2 is 2.07 bits per heavy atom. The van der Waals surface area contributed by atoms with Crippen LogP contribution in [0.1, 0.15) is 27.2 Å². The first-order valence-electron chi connectivity index (χ1n) is 9.39. The van der Waals surface area contributed by atoms with Gasteiger partial charge in [0, 0.05) is 41.9 Å². The van der Waals surface area contributed by atoms with Crippen LogP contribution in [0.5, 0.6) is 0 Å². The molecule has 0 amide bonds. The van der Waals surface area contributed by atoms with E-state index in [9.17, 15) is 9.59 Å². The Morgan fingerprint density at radius 1 is 1.17 bits per heavy atom. The van der Waals surface area contributed by atoms with Crippen molar-refractivity contribution in [3.8, 4) is 0 Å². The van der Waals surface area contributed by atoms with E-state index in [-0.39, 0.29) is 17.8 Å². The van der Waals surface area contributed by atoms with Crippen LogP contribution in [0.2, 0.25) is 0 Å². The maximum Gasteiger partial charge on any atom is 0.251 e. The third-order valence-corrected chi connectivity index (χ3v) is 4.89. The molecule has 0 aliphatic heterocycles. The molecule has 0 saturated heterocycles. The van der Waals surface area contributed by atoms with Gasteiger partial charge in [-0.3, -0.25) is 14.6 Å².